The third kappa shape index (κ3) is 1.83. The number of carbonyl (C=O) groups excluding carboxylic acids is 1. The zero-order valence-electron chi connectivity index (χ0n) is 11.6. The Hall–Kier alpha value is -3.22. The fraction of sp³-hybridized carbons (Fsp3) is 0.0667. The van der Waals surface area contributed by atoms with Gasteiger partial charge in [-0.25, -0.2) is 14.8 Å². The van der Waals surface area contributed by atoms with Crippen molar-refractivity contribution in [2.24, 2.45) is 0 Å². The second-order valence-corrected chi connectivity index (χ2v) is 4.79. The number of nitrogens with zero attached hydrogens (tertiary/aromatic N) is 3. The zero-order chi connectivity index (χ0) is 15.1. The van der Waals surface area contributed by atoms with Crippen molar-refractivity contribution in [3.05, 3.63) is 42.5 Å². The number of hydrogen-bond acceptors (Lipinski definition) is 5. The summed E-state index contributed by atoms with van der Waals surface area (Å²) in [5.74, 6) is -0.472. The molecule has 1 aromatic carbocycles. The van der Waals surface area contributed by atoms with Crippen LogP contribution < -0.4 is 0 Å². The summed E-state index contributed by atoms with van der Waals surface area (Å²) in [4.78, 5) is 24.0. The van der Waals surface area contributed by atoms with Gasteiger partial charge >= 0.3 is 5.97 Å². The van der Waals surface area contributed by atoms with E-state index in [9.17, 15) is 4.79 Å². The predicted molar refractivity (Wildman–Crippen MR) is 80.3 cm³/mol. The first kappa shape index (κ1) is 12.5. The molecule has 0 bridgehead atoms. The maximum Gasteiger partial charge on any atom is 0.376 e. The van der Waals surface area contributed by atoms with Crippen molar-refractivity contribution in [1.82, 2.24) is 25.1 Å². The smallest absolute Gasteiger partial charge is 0.376 e. The third-order valence-electron chi connectivity index (χ3n) is 3.50. The van der Waals surface area contributed by atoms with Crippen molar-refractivity contribution in [2.45, 2.75) is 0 Å². The Morgan fingerprint density at radius 3 is 2.55 bits per heavy atom. The quantitative estimate of drug-likeness (QED) is 0.553. The Kier molecular flexibility index (Phi) is 2.65. The topological polar surface area (TPSA) is 96.5 Å². The van der Waals surface area contributed by atoms with E-state index in [1.807, 2.05) is 24.3 Å². The number of ether oxygens (including phenoxy) is 1. The van der Waals surface area contributed by atoms with Crippen LogP contribution in [0.5, 0.6) is 0 Å². The number of benzene rings is 1. The summed E-state index contributed by atoms with van der Waals surface area (Å²) < 4.78 is 4.65. The lowest BCUT2D eigenvalue weighted by atomic mass is 10.1. The minimum absolute atomic E-state index is 0.0691. The van der Waals surface area contributed by atoms with Gasteiger partial charge in [-0.3, -0.25) is 10.1 Å². The van der Waals surface area contributed by atoms with Gasteiger partial charge in [-0.1, -0.05) is 0 Å². The van der Waals surface area contributed by atoms with Crippen LogP contribution in [0.2, 0.25) is 0 Å². The average Bonchev–Trinajstić information content (AvgIpc) is 3.15. The first-order chi connectivity index (χ1) is 10.8. The number of rotatable bonds is 2. The van der Waals surface area contributed by atoms with E-state index in [-0.39, 0.29) is 5.82 Å². The first-order valence-electron chi connectivity index (χ1n) is 6.63. The van der Waals surface area contributed by atoms with E-state index in [0.717, 1.165) is 22.2 Å². The van der Waals surface area contributed by atoms with Crippen LogP contribution in [0, 0.1) is 0 Å². The number of methoxy groups -OCH3 is 1. The van der Waals surface area contributed by atoms with Gasteiger partial charge in [-0.05, 0) is 24.3 Å². The number of H-pyrrole nitrogens is 2. The Morgan fingerprint density at radius 2 is 1.82 bits per heavy atom. The maximum atomic E-state index is 11.5. The van der Waals surface area contributed by atoms with Crippen LogP contribution in [0.3, 0.4) is 0 Å². The van der Waals surface area contributed by atoms with E-state index in [1.54, 1.807) is 12.4 Å². The van der Waals surface area contributed by atoms with Gasteiger partial charge in [-0.15, -0.1) is 0 Å². The van der Waals surface area contributed by atoms with Crippen LogP contribution in [0.1, 0.15) is 10.6 Å². The highest BCUT2D eigenvalue weighted by molar-refractivity contribution is 6.01. The highest BCUT2D eigenvalue weighted by Crippen LogP contribution is 2.28. The molecule has 0 spiro atoms. The van der Waals surface area contributed by atoms with Crippen molar-refractivity contribution in [3.63, 3.8) is 0 Å². The Bertz CT molecular complexity index is 987. The van der Waals surface area contributed by atoms with E-state index in [4.69, 9.17) is 0 Å². The highest BCUT2D eigenvalue weighted by atomic mass is 16.5. The molecular weight excluding hydrogens is 282 g/mol. The Balaban J connectivity index is 1.93. The van der Waals surface area contributed by atoms with E-state index < -0.39 is 5.97 Å². The van der Waals surface area contributed by atoms with Gasteiger partial charge in [-0.2, -0.15) is 0 Å². The van der Waals surface area contributed by atoms with Crippen LogP contribution in [0.4, 0.5) is 0 Å². The lowest BCUT2D eigenvalue weighted by Crippen LogP contribution is -2.02. The number of nitrogens with one attached hydrogen (secondary N) is 2. The molecule has 0 fully saturated rings. The molecule has 7 nitrogen and oxygen atoms in total. The summed E-state index contributed by atoms with van der Waals surface area (Å²) in [5, 5.41) is 7.21. The van der Waals surface area contributed by atoms with E-state index in [2.05, 4.69) is 29.9 Å². The molecule has 22 heavy (non-hydrogen) atoms. The molecule has 3 heterocycles. The molecule has 0 saturated carbocycles. The van der Waals surface area contributed by atoms with Crippen LogP contribution in [-0.4, -0.2) is 38.2 Å². The molecule has 0 aliphatic rings. The van der Waals surface area contributed by atoms with Crippen LogP contribution in [0.15, 0.2) is 36.7 Å². The van der Waals surface area contributed by atoms with Crippen molar-refractivity contribution < 1.29 is 9.53 Å². The number of aromatic amines is 2. The molecule has 0 saturated heterocycles. The highest BCUT2D eigenvalue weighted by Gasteiger charge is 2.15. The van der Waals surface area contributed by atoms with Crippen molar-refractivity contribution in [2.75, 3.05) is 7.11 Å². The van der Waals surface area contributed by atoms with Gasteiger partial charge in [0.05, 0.1) is 29.4 Å². The molecule has 0 radical (unpaired) electrons. The number of esters is 1. The Morgan fingerprint density at radius 1 is 1.09 bits per heavy atom. The fourth-order valence-corrected chi connectivity index (χ4v) is 2.45. The second-order valence-electron chi connectivity index (χ2n) is 4.79. The molecule has 0 aliphatic heterocycles. The number of fused-ring (bicyclic) bond motifs is 2. The molecule has 108 valence electrons. The van der Waals surface area contributed by atoms with Crippen molar-refractivity contribution in [1.29, 1.82) is 0 Å². The van der Waals surface area contributed by atoms with Crippen LogP contribution in [-0.2, 0) is 4.74 Å². The average molecular weight is 293 g/mol. The minimum atomic E-state index is -0.541. The van der Waals surface area contributed by atoms with Crippen molar-refractivity contribution >= 4 is 27.9 Å². The maximum absolute atomic E-state index is 11.5. The van der Waals surface area contributed by atoms with E-state index in [1.165, 1.54) is 7.11 Å². The zero-order valence-corrected chi connectivity index (χ0v) is 11.6. The van der Waals surface area contributed by atoms with Gasteiger partial charge in [0.1, 0.15) is 0 Å². The van der Waals surface area contributed by atoms with Gasteiger partial charge in [0.25, 0.3) is 0 Å². The number of aromatic nitrogens is 5. The van der Waals surface area contributed by atoms with Gasteiger partial charge < -0.3 is 9.84 Å². The largest absolute Gasteiger partial charge is 0.463 e. The summed E-state index contributed by atoms with van der Waals surface area (Å²) in [7, 11) is 1.31. The second kappa shape index (κ2) is 4.66. The standard InChI is InChI=1S/C15H11N5O2/c1-22-15(21)14-17-11-6-9-10(7-12(11)18-14)19-20-13(9)8-2-4-16-5-3-8/h2-7,19-20H,1H3. The first-order valence-corrected chi connectivity index (χ1v) is 6.63. The molecule has 0 aliphatic carbocycles. The normalized spacial score (nSPS) is 11.1. The lowest BCUT2D eigenvalue weighted by molar-refractivity contribution is 0.0588. The fourth-order valence-electron chi connectivity index (χ4n) is 2.45. The molecule has 4 rings (SSSR count). The van der Waals surface area contributed by atoms with Gasteiger partial charge in [0.2, 0.25) is 5.82 Å². The Labute approximate surface area is 124 Å². The minimum Gasteiger partial charge on any atom is -0.463 e. The van der Waals surface area contributed by atoms with Gasteiger partial charge in [0, 0.05) is 23.3 Å². The number of imidazole rings is 1. The predicted octanol–water partition coefficient (Wildman–Crippen LogP) is 2.29. The lowest BCUT2D eigenvalue weighted by Gasteiger charge is -1.97. The third-order valence-corrected chi connectivity index (χ3v) is 3.50. The SMILES string of the molecule is COC(=O)c1nc2cc3[nH][nH]c(-c4ccncc4)c3cc2n1. The molecule has 7 heteroatoms. The van der Waals surface area contributed by atoms with Crippen LogP contribution >= 0.6 is 0 Å². The molecule has 2 N–H and O–H groups in total. The monoisotopic (exact) mass is 293 g/mol. The summed E-state index contributed by atoms with van der Waals surface area (Å²) in [6.07, 6.45) is 3.47. The number of hydrogen-bond donors (Lipinski definition) is 2. The summed E-state index contributed by atoms with van der Waals surface area (Å²) in [6.45, 7) is 0. The number of carbonyl (C=O) groups is 1. The summed E-state index contributed by atoms with van der Waals surface area (Å²) in [5.41, 5.74) is 4.12. The van der Waals surface area contributed by atoms with Gasteiger partial charge in [0.15, 0.2) is 0 Å². The number of pyridine rings is 1. The van der Waals surface area contributed by atoms with E-state index in [0.29, 0.717) is 11.0 Å². The van der Waals surface area contributed by atoms with Crippen molar-refractivity contribution in [3.8, 4) is 11.3 Å². The molecule has 4 aromatic rings. The molecule has 0 amide bonds. The molecule has 3 aromatic heterocycles. The summed E-state index contributed by atoms with van der Waals surface area (Å²) >= 11 is 0. The van der Waals surface area contributed by atoms with E-state index >= 15 is 0 Å². The molecule has 0 atom stereocenters. The molecule has 0 unspecified atom stereocenters. The molecular formula is C15H11N5O2. The summed E-state index contributed by atoms with van der Waals surface area (Å²) in [6, 6.07) is 7.58. The van der Waals surface area contributed by atoms with Crippen LogP contribution in [0.25, 0.3) is 33.2 Å².